The third-order valence-electron chi connectivity index (χ3n) is 6.15. The summed E-state index contributed by atoms with van der Waals surface area (Å²) in [6.07, 6.45) is 5.08. The number of nitrogens with one attached hydrogen (secondary N) is 1. The van der Waals surface area contributed by atoms with E-state index in [4.69, 9.17) is 0 Å². The molecule has 4 rings (SSSR count). The van der Waals surface area contributed by atoms with E-state index in [1.54, 1.807) is 16.4 Å². The van der Waals surface area contributed by atoms with Gasteiger partial charge in [0.1, 0.15) is 0 Å². The molecular weight excluding hydrogens is 430 g/mol. The number of fused-ring (bicyclic) bond motifs is 1. The number of amides is 1. The van der Waals surface area contributed by atoms with Crippen LogP contribution in [0, 0.1) is 0 Å². The smallest absolute Gasteiger partial charge is 0.243 e. The molecule has 3 heterocycles. The predicted octanol–water partition coefficient (Wildman–Crippen LogP) is 3.03. The number of hydrogen-bond donors (Lipinski definition) is 1. The molecule has 0 atom stereocenters. The van der Waals surface area contributed by atoms with Crippen molar-refractivity contribution >= 4 is 27.3 Å². The van der Waals surface area contributed by atoms with E-state index in [2.05, 4.69) is 21.7 Å². The molecule has 1 aromatic carbocycles. The standard InChI is InChI=1S/C23H31N3O3S2/c27-23(24-12-16-25-15-10-22-20(18-25)11-17-30-22)9-6-19-4-7-21(8-5-19)31(28,29)26-13-2-1-3-14-26/h4-5,7-8,11,17H,1-3,6,9-10,12-16,18H2,(H,24,27). The highest BCUT2D eigenvalue weighted by molar-refractivity contribution is 7.89. The fraction of sp³-hybridized carbons (Fsp3) is 0.522. The number of hydrogen-bond acceptors (Lipinski definition) is 5. The average Bonchev–Trinajstić information content (AvgIpc) is 3.26. The zero-order valence-corrected chi connectivity index (χ0v) is 19.5. The maximum atomic E-state index is 12.7. The highest BCUT2D eigenvalue weighted by atomic mass is 32.2. The summed E-state index contributed by atoms with van der Waals surface area (Å²) in [6.45, 7) is 4.76. The Bertz CT molecular complexity index is 980. The Hall–Kier alpha value is -1.74. The molecule has 2 aromatic rings. The highest BCUT2D eigenvalue weighted by Gasteiger charge is 2.25. The first kappa shape index (κ1) is 22.5. The summed E-state index contributed by atoms with van der Waals surface area (Å²) in [6, 6.07) is 9.21. The monoisotopic (exact) mass is 461 g/mol. The van der Waals surface area contributed by atoms with Crippen LogP contribution in [0.2, 0.25) is 0 Å². The van der Waals surface area contributed by atoms with Crippen LogP contribution < -0.4 is 5.32 Å². The molecule has 31 heavy (non-hydrogen) atoms. The van der Waals surface area contributed by atoms with Gasteiger partial charge in [-0.2, -0.15) is 4.31 Å². The number of benzene rings is 1. The molecule has 2 aliphatic rings. The second kappa shape index (κ2) is 10.3. The lowest BCUT2D eigenvalue weighted by Gasteiger charge is -2.26. The van der Waals surface area contributed by atoms with Gasteiger partial charge in [0.25, 0.3) is 0 Å². The van der Waals surface area contributed by atoms with Gasteiger partial charge in [-0.3, -0.25) is 9.69 Å². The summed E-state index contributed by atoms with van der Waals surface area (Å²) in [7, 11) is -3.40. The van der Waals surface area contributed by atoms with Crippen LogP contribution in [-0.2, 0) is 34.2 Å². The third-order valence-corrected chi connectivity index (χ3v) is 9.09. The molecule has 0 radical (unpaired) electrons. The summed E-state index contributed by atoms with van der Waals surface area (Å²) in [5.74, 6) is 0.0400. The molecule has 8 heteroatoms. The van der Waals surface area contributed by atoms with Gasteiger partial charge in [0, 0.05) is 50.6 Å². The van der Waals surface area contributed by atoms with Gasteiger partial charge < -0.3 is 5.32 Å². The van der Waals surface area contributed by atoms with E-state index in [9.17, 15) is 13.2 Å². The topological polar surface area (TPSA) is 69.7 Å². The highest BCUT2D eigenvalue weighted by Crippen LogP contribution is 2.24. The lowest BCUT2D eigenvalue weighted by molar-refractivity contribution is -0.121. The maximum Gasteiger partial charge on any atom is 0.243 e. The van der Waals surface area contributed by atoms with E-state index in [-0.39, 0.29) is 5.91 Å². The molecule has 6 nitrogen and oxygen atoms in total. The van der Waals surface area contributed by atoms with E-state index >= 15 is 0 Å². The van der Waals surface area contributed by atoms with E-state index in [1.165, 1.54) is 10.4 Å². The van der Waals surface area contributed by atoms with E-state index in [0.717, 1.165) is 50.9 Å². The molecule has 1 saturated heterocycles. The first-order valence-corrected chi connectivity index (χ1v) is 13.5. The van der Waals surface area contributed by atoms with Gasteiger partial charge in [-0.1, -0.05) is 18.6 Å². The van der Waals surface area contributed by atoms with E-state index < -0.39 is 10.0 Å². The fourth-order valence-corrected chi connectivity index (χ4v) is 6.69. The Balaban J connectivity index is 1.19. The number of carbonyl (C=O) groups is 1. The van der Waals surface area contributed by atoms with E-state index in [0.29, 0.717) is 37.4 Å². The Morgan fingerprint density at radius 3 is 2.58 bits per heavy atom. The van der Waals surface area contributed by atoms with Crippen molar-refractivity contribution in [2.75, 3.05) is 32.7 Å². The zero-order chi connectivity index (χ0) is 21.7. The Morgan fingerprint density at radius 2 is 1.81 bits per heavy atom. The summed E-state index contributed by atoms with van der Waals surface area (Å²) < 4.78 is 27.0. The van der Waals surface area contributed by atoms with Crippen LogP contribution >= 0.6 is 11.3 Å². The summed E-state index contributed by atoms with van der Waals surface area (Å²) >= 11 is 1.84. The van der Waals surface area contributed by atoms with Gasteiger partial charge in [-0.25, -0.2) is 8.42 Å². The zero-order valence-electron chi connectivity index (χ0n) is 17.9. The molecule has 0 saturated carbocycles. The normalized spacial score (nSPS) is 17.9. The van der Waals surface area contributed by atoms with Gasteiger partial charge in [-0.15, -0.1) is 11.3 Å². The minimum Gasteiger partial charge on any atom is -0.355 e. The number of carbonyl (C=O) groups excluding carboxylic acids is 1. The van der Waals surface area contributed by atoms with Gasteiger partial charge in [0.2, 0.25) is 15.9 Å². The van der Waals surface area contributed by atoms with Crippen molar-refractivity contribution in [3.8, 4) is 0 Å². The van der Waals surface area contributed by atoms with Crippen molar-refractivity contribution in [3.63, 3.8) is 0 Å². The molecule has 168 valence electrons. The fourth-order valence-electron chi connectivity index (χ4n) is 4.28. The van der Waals surface area contributed by atoms with Gasteiger partial charge in [0.15, 0.2) is 0 Å². The number of sulfonamides is 1. The van der Waals surface area contributed by atoms with Gasteiger partial charge in [0.05, 0.1) is 4.90 Å². The van der Waals surface area contributed by atoms with Crippen LogP contribution in [0.25, 0.3) is 0 Å². The molecular formula is C23H31N3O3S2. The molecule has 0 unspecified atom stereocenters. The van der Waals surface area contributed by atoms with Crippen LogP contribution in [-0.4, -0.2) is 56.3 Å². The summed E-state index contributed by atoms with van der Waals surface area (Å²) in [4.78, 5) is 16.4. The quantitative estimate of drug-likeness (QED) is 0.656. The second-order valence-corrected chi connectivity index (χ2v) is 11.3. The molecule has 1 fully saturated rings. The average molecular weight is 462 g/mol. The molecule has 0 aliphatic carbocycles. The molecule has 1 aromatic heterocycles. The summed E-state index contributed by atoms with van der Waals surface area (Å²) in [5.41, 5.74) is 2.40. The minimum atomic E-state index is -3.40. The lowest BCUT2D eigenvalue weighted by Crippen LogP contribution is -2.37. The van der Waals surface area contributed by atoms with Crippen LogP contribution in [0.3, 0.4) is 0 Å². The van der Waals surface area contributed by atoms with Crippen LogP contribution in [0.4, 0.5) is 0 Å². The minimum absolute atomic E-state index is 0.0400. The number of thiophene rings is 1. The SMILES string of the molecule is O=C(CCc1ccc(S(=O)(=O)N2CCCCC2)cc1)NCCN1CCc2sccc2C1. The van der Waals surface area contributed by atoms with Crippen LogP contribution in [0.1, 0.15) is 41.7 Å². The first-order valence-electron chi connectivity index (χ1n) is 11.2. The van der Waals surface area contributed by atoms with E-state index in [1.807, 2.05) is 23.5 Å². The van der Waals surface area contributed by atoms with Gasteiger partial charge in [-0.05, 0) is 60.4 Å². The molecule has 0 bridgehead atoms. The second-order valence-electron chi connectivity index (χ2n) is 8.35. The maximum absolute atomic E-state index is 12.7. The van der Waals surface area contributed by atoms with Crippen molar-refractivity contribution in [2.24, 2.45) is 0 Å². The van der Waals surface area contributed by atoms with Crippen LogP contribution in [0.15, 0.2) is 40.6 Å². The van der Waals surface area contributed by atoms with Crippen molar-refractivity contribution < 1.29 is 13.2 Å². The lowest BCUT2D eigenvalue weighted by atomic mass is 10.1. The molecule has 1 N–H and O–H groups in total. The Morgan fingerprint density at radius 1 is 1.03 bits per heavy atom. The number of nitrogens with zero attached hydrogens (tertiary/aromatic N) is 2. The third kappa shape index (κ3) is 5.74. The summed E-state index contributed by atoms with van der Waals surface area (Å²) in [5, 5.41) is 5.17. The first-order chi connectivity index (χ1) is 15.0. The number of aryl methyl sites for hydroxylation is 1. The predicted molar refractivity (Wildman–Crippen MR) is 124 cm³/mol. The van der Waals surface area contributed by atoms with Gasteiger partial charge >= 0.3 is 0 Å². The van der Waals surface area contributed by atoms with Crippen molar-refractivity contribution in [3.05, 3.63) is 51.7 Å². The van der Waals surface area contributed by atoms with Crippen molar-refractivity contribution in [2.45, 2.75) is 50.0 Å². The largest absolute Gasteiger partial charge is 0.355 e. The van der Waals surface area contributed by atoms with Crippen LogP contribution in [0.5, 0.6) is 0 Å². The molecule has 1 amide bonds. The Kier molecular flexibility index (Phi) is 7.43. The van der Waals surface area contributed by atoms with Crippen molar-refractivity contribution in [1.82, 2.24) is 14.5 Å². The molecule has 2 aliphatic heterocycles. The number of rotatable bonds is 8. The number of piperidine rings is 1. The molecule has 0 spiro atoms. The Labute approximate surface area is 189 Å². The van der Waals surface area contributed by atoms with Crippen molar-refractivity contribution in [1.29, 1.82) is 0 Å².